The molecule has 6 nitrogen and oxygen atoms in total. The molecule has 20 heavy (non-hydrogen) atoms. The molecule has 0 unspecified atom stereocenters. The highest BCUT2D eigenvalue weighted by atomic mass is 16.6. The number of hydrogen-bond donors (Lipinski definition) is 2. The summed E-state index contributed by atoms with van der Waals surface area (Å²) < 4.78 is 0. The molecule has 0 bridgehead atoms. The number of anilines is 1. The number of rotatable bonds is 7. The van der Waals surface area contributed by atoms with E-state index in [2.05, 4.69) is 19.2 Å². The molecule has 1 aromatic rings. The van der Waals surface area contributed by atoms with Gasteiger partial charge < -0.3 is 10.4 Å². The summed E-state index contributed by atoms with van der Waals surface area (Å²) in [6.07, 6.45) is 1.57. The van der Waals surface area contributed by atoms with Crippen LogP contribution in [-0.4, -0.2) is 23.2 Å². The number of nitrogens with one attached hydrogen (secondary N) is 1. The highest BCUT2D eigenvalue weighted by Crippen LogP contribution is 2.26. The minimum atomic E-state index is -0.518. The molecule has 0 aliphatic rings. The van der Waals surface area contributed by atoms with Gasteiger partial charge in [0.15, 0.2) is 0 Å². The lowest BCUT2D eigenvalue weighted by molar-refractivity contribution is -0.384. The zero-order valence-corrected chi connectivity index (χ0v) is 11.7. The van der Waals surface area contributed by atoms with E-state index in [1.807, 2.05) is 6.07 Å². The fraction of sp³-hybridized carbons (Fsp3) is 0.500. The first-order chi connectivity index (χ1) is 9.39. The summed E-state index contributed by atoms with van der Waals surface area (Å²) in [6, 6.07) is 6.16. The lowest BCUT2D eigenvalue weighted by atomic mass is 9.88. The van der Waals surface area contributed by atoms with Crippen molar-refractivity contribution in [3.63, 3.8) is 0 Å². The number of aliphatic hydroxyl groups excluding tert-OH is 1. The van der Waals surface area contributed by atoms with Crippen molar-refractivity contribution in [1.82, 2.24) is 0 Å². The van der Waals surface area contributed by atoms with Crippen molar-refractivity contribution in [3.8, 4) is 6.07 Å². The monoisotopic (exact) mass is 277 g/mol. The summed E-state index contributed by atoms with van der Waals surface area (Å²) in [4.78, 5) is 10.1. The Labute approximate surface area is 118 Å². The Kier molecular flexibility index (Phi) is 5.47. The van der Waals surface area contributed by atoms with Crippen LogP contribution in [0.5, 0.6) is 0 Å². The van der Waals surface area contributed by atoms with Gasteiger partial charge in [0.25, 0.3) is 5.69 Å². The molecule has 0 radical (unpaired) electrons. The number of benzene rings is 1. The van der Waals surface area contributed by atoms with Gasteiger partial charge in [0.05, 0.1) is 16.2 Å². The van der Waals surface area contributed by atoms with Gasteiger partial charge in [-0.2, -0.15) is 5.26 Å². The number of nitriles is 1. The highest BCUT2D eigenvalue weighted by molar-refractivity contribution is 5.61. The maximum Gasteiger partial charge on any atom is 0.270 e. The topological polar surface area (TPSA) is 99.2 Å². The van der Waals surface area contributed by atoms with E-state index in [0.29, 0.717) is 12.2 Å². The molecule has 1 rings (SSSR count). The number of non-ortho nitro benzene ring substituents is 1. The molecule has 0 fully saturated rings. The minimum absolute atomic E-state index is 0.0305. The van der Waals surface area contributed by atoms with E-state index in [9.17, 15) is 10.1 Å². The molecule has 0 heterocycles. The van der Waals surface area contributed by atoms with E-state index in [-0.39, 0.29) is 23.3 Å². The van der Waals surface area contributed by atoms with Crippen molar-refractivity contribution in [1.29, 1.82) is 5.26 Å². The predicted molar refractivity (Wildman–Crippen MR) is 76.4 cm³/mol. The Morgan fingerprint density at radius 1 is 1.50 bits per heavy atom. The van der Waals surface area contributed by atoms with Crippen molar-refractivity contribution < 1.29 is 10.0 Å². The molecule has 2 N–H and O–H groups in total. The molecule has 0 saturated heterocycles. The number of nitro groups is 1. The van der Waals surface area contributed by atoms with Crippen molar-refractivity contribution in [3.05, 3.63) is 33.9 Å². The Morgan fingerprint density at radius 3 is 2.75 bits per heavy atom. The summed E-state index contributed by atoms with van der Waals surface area (Å²) in [5, 5.41) is 31.7. The van der Waals surface area contributed by atoms with Gasteiger partial charge in [0.2, 0.25) is 0 Å². The van der Waals surface area contributed by atoms with E-state index in [1.165, 1.54) is 12.1 Å². The van der Waals surface area contributed by atoms with Crippen molar-refractivity contribution in [2.45, 2.75) is 26.7 Å². The minimum Gasteiger partial charge on any atom is -0.396 e. The van der Waals surface area contributed by atoms with Crippen molar-refractivity contribution in [2.75, 3.05) is 18.5 Å². The lowest BCUT2D eigenvalue weighted by Gasteiger charge is -2.25. The van der Waals surface area contributed by atoms with E-state index in [1.54, 1.807) is 6.07 Å². The number of aliphatic hydroxyl groups is 1. The van der Waals surface area contributed by atoms with Crippen LogP contribution in [0.25, 0.3) is 0 Å². The first kappa shape index (κ1) is 15.9. The third-order valence-electron chi connectivity index (χ3n) is 3.10. The molecule has 0 aliphatic heterocycles. The fourth-order valence-electron chi connectivity index (χ4n) is 1.87. The SMILES string of the molecule is CC(C)(CCCO)CNc1ccc([N+](=O)[O-])cc1C#N. The van der Waals surface area contributed by atoms with E-state index < -0.39 is 4.92 Å². The Bertz CT molecular complexity index is 521. The van der Waals surface area contributed by atoms with Crippen LogP contribution in [0.1, 0.15) is 32.3 Å². The maximum absolute atomic E-state index is 10.7. The standard InChI is InChI=1S/C14H19N3O3/c1-14(2,6-3-7-18)10-16-13-5-4-12(17(19)20)8-11(13)9-15/h4-5,8,16,18H,3,6-7,10H2,1-2H3. The average molecular weight is 277 g/mol. The number of nitrogens with zero attached hydrogens (tertiary/aromatic N) is 2. The van der Waals surface area contributed by atoms with Crippen LogP contribution < -0.4 is 5.32 Å². The first-order valence-corrected chi connectivity index (χ1v) is 6.43. The summed E-state index contributed by atoms with van der Waals surface area (Å²) in [5.41, 5.74) is 0.732. The smallest absolute Gasteiger partial charge is 0.270 e. The third-order valence-corrected chi connectivity index (χ3v) is 3.10. The first-order valence-electron chi connectivity index (χ1n) is 6.43. The van der Waals surface area contributed by atoms with Gasteiger partial charge in [-0.25, -0.2) is 0 Å². The molecule has 0 atom stereocenters. The van der Waals surface area contributed by atoms with Crippen LogP contribution in [-0.2, 0) is 0 Å². The number of nitro benzene ring substituents is 1. The predicted octanol–water partition coefficient (Wildman–Crippen LogP) is 2.68. The summed E-state index contributed by atoms with van der Waals surface area (Å²) in [5.74, 6) is 0. The molecule has 108 valence electrons. The van der Waals surface area contributed by atoms with Gasteiger partial charge in [0, 0.05) is 25.3 Å². The van der Waals surface area contributed by atoms with E-state index in [0.717, 1.165) is 12.8 Å². The number of hydrogen-bond acceptors (Lipinski definition) is 5. The van der Waals surface area contributed by atoms with E-state index >= 15 is 0 Å². The fourth-order valence-corrected chi connectivity index (χ4v) is 1.87. The Hall–Kier alpha value is -2.13. The molecule has 0 aromatic heterocycles. The summed E-state index contributed by atoms with van der Waals surface area (Å²) in [6.45, 7) is 4.91. The van der Waals surface area contributed by atoms with Crippen LogP contribution in [0.15, 0.2) is 18.2 Å². The Morgan fingerprint density at radius 2 is 2.20 bits per heavy atom. The molecule has 0 amide bonds. The van der Waals surface area contributed by atoms with Crippen LogP contribution in [0.2, 0.25) is 0 Å². The maximum atomic E-state index is 10.7. The molecular weight excluding hydrogens is 258 g/mol. The van der Waals surface area contributed by atoms with Gasteiger partial charge >= 0.3 is 0 Å². The van der Waals surface area contributed by atoms with Crippen LogP contribution in [0.3, 0.4) is 0 Å². The van der Waals surface area contributed by atoms with Crippen molar-refractivity contribution in [2.24, 2.45) is 5.41 Å². The second kappa shape index (κ2) is 6.87. The largest absolute Gasteiger partial charge is 0.396 e. The van der Waals surface area contributed by atoms with E-state index in [4.69, 9.17) is 10.4 Å². The normalized spacial score (nSPS) is 10.9. The second-order valence-electron chi connectivity index (χ2n) is 5.44. The van der Waals surface area contributed by atoms with Crippen LogP contribution >= 0.6 is 0 Å². The molecule has 6 heteroatoms. The van der Waals surface area contributed by atoms with Crippen LogP contribution in [0.4, 0.5) is 11.4 Å². The third kappa shape index (κ3) is 4.52. The average Bonchev–Trinajstić information content (AvgIpc) is 2.42. The molecule has 1 aromatic carbocycles. The quantitative estimate of drug-likeness (QED) is 0.589. The molecule has 0 spiro atoms. The second-order valence-corrected chi connectivity index (χ2v) is 5.44. The summed E-state index contributed by atoms with van der Waals surface area (Å²) in [7, 11) is 0. The van der Waals surface area contributed by atoms with Gasteiger partial charge in [-0.05, 0) is 24.3 Å². The van der Waals surface area contributed by atoms with Gasteiger partial charge in [-0.1, -0.05) is 13.8 Å². The van der Waals surface area contributed by atoms with Crippen molar-refractivity contribution >= 4 is 11.4 Å². The highest BCUT2D eigenvalue weighted by Gasteiger charge is 2.18. The van der Waals surface area contributed by atoms with Gasteiger partial charge in [0.1, 0.15) is 6.07 Å². The zero-order valence-electron chi connectivity index (χ0n) is 11.7. The molecule has 0 saturated carbocycles. The van der Waals surface area contributed by atoms with Crippen LogP contribution in [0, 0.1) is 26.9 Å². The zero-order chi connectivity index (χ0) is 15.2. The van der Waals surface area contributed by atoms with Gasteiger partial charge in [-0.15, -0.1) is 0 Å². The Balaban J connectivity index is 2.78. The lowest BCUT2D eigenvalue weighted by Crippen LogP contribution is -2.23. The molecule has 0 aliphatic carbocycles. The molecular formula is C14H19N3O3. The van der Waals surface area contributed by atoms with Gasteiger partial charge in [-0.3, -0.25) is 10.1 Å². The summed E-state index contributed by atoms with van der Waals surface area (Å²) >= 11 is 0.